The van der Waals surface area contributed by atoms with Gasteiger partial charge < -0.3 is 11.1 Å². The zero-order valence-corrected chi connectivity index (χ0v) is 16.6. The number of benzene rings is 1. The number of thiazole rings is 1. The SMILES string of the molecule is Cc1cc(Nc2nccc(C(F)(F)F)n2)cc(-c2cnc(C(C)(C)C(N)=O)s2)c1. The molecule has 0 bridgehead atoms. The Kier molecular flexibility index (Phi) is 5.31. The summed E-state index contributed by atoms with van der Waals surface area (Å²) in [7, 11) is 0. The van der Waals surface area contributed by atoms with Crippen molar-refractivity contribution >= 4 is 28.9 Å². The Bertz CT molecular complexity index is 1060. The molecule has 10 heteroatoms. The highest BCUT2D eigenvalue weighted by atomic mass is 32.1. The van der Waals surface area contributed by atoms with E-state index in [9.17, 15) is 18.0 Å². The molecule has 0 radical (unpaired) electrons. The van der Waals surface area contributed by atoms with Crippen LogP contribution in [0.25, 0.3) is 10.4 Å². The van der Waals surface area contributed by atoms with Crippen molar-refractivity contribution in [1.82, 2.24) is 15.0 Å². The smallest absolute Gasteiger partial charge is 0.369 e. The van der Waals surface area contributed by atoms with Gasteiger partial charge in [-0.05, 0) is 50.1 Å². The summed E-state index contributed by atoms with van der Waals surface area (Å²) in [6.07, 6.45) is -1.86. The average molecular weight is 421 g/mol. The first-order chi connectivity index (χ1) is 13.5. The second kappa shape index (κ2) is 7.43. The van der Waals surface area contributed by atoms with Crippen LogP contribution < -0.4 is 11.1 Å². The van der Waals surface area contributed by atoms with E-state index in [0.717, 1.165) is 28.3 Å². The van der Waals surface area contributed by atoms with Crippen LogP contribution in [0.2, 0.25) is 0 Å². The van der Waals surface area contributed by atoms with Crippen LogP contribution in [0.4, 0.5) is 24.8 Å². The third kappa shape index (κ3) is 4.53. The molecular formula is C19H18F3N5OS. The normalized spacial score (nSPS) is 12.1. The summed E-state index contributed by atoms with van der Waals surface area (Å²) < 4.78 is 38.6. The minimum atomic E-state index is -4.55. The zero-order chi connectivity index (χ0) is 21.4. The van der Waals surface area contributed by atoms with Gasteiger partial charge in [0.25, 0.3) is 0 Å². The van der Waals surface area contributed by atoms with Crippen LogP contribution in [0.5, 0.6) is 0 Å². The maximum absolute atomic E-state index is 12.9. The van der Waals surface area contributed by atoms with E-state index >= 15 is 0 Å². The van der Waals surface area contributed by atoms with Crippen LogP contribution in [0.3, 0.4) is 0 Å². The van der Waals surface area contributed by atoms with Crippen LogP contribution in [0, 0.1) is 6.92 Å². The third-order valence-electron chi connectivity index (χ3n) is 4.22. The number of hydrogen-bond acceptors (Lipinski definition) is 6. The quantitative estimate of drug-likeness (QED) is 0.636. The minimum Gasteiger partial charge on any atom is -0.369 e. The molecule has 3 aromatic rings. The highest BCUT2D eigenvalue weighted by molar-refractivity contribution is 7.15. The molecule has 0 spiro atoms. The summed E-state index contributed by atoms with van der Waals surface area (Å²) in [6.45, 7) is 5.26. The fourth-order valence-electron chi connectivity index (χ4n) is 2.51. The second-order valence-electron chi connectivity index (χ2n) is 6.99. The zero-order valence-electron chi connectivity index (χ0n) is 15.8. The predicted molar refractivity (Wildman–Crippen MR) is 105 cm³/mol. The van der Waals surface area contributed by atoms with Gasteiger partial charge in [0.05, 0.1) is 10.3 Å². The van der Waals surface area contributed by atoms with Gasteiger partial charge in [0, 0.05) is 18.1 Å². The van der Waals surface area contributed by atoms with Crippen molar-refractivity contribution in [3.63, 3.8) is 0 Å². The molecule has 0 aliphatic heterocycles. The summed E-state index contributed by atoms with van der Waals surface area (Å²) in [5.41, 5.74) is 5.73. The number of primary amides is 1. The third-order valence-corrected chi connectivity index (χ3v) is 5.59. The molecule has 2 heterocycles. The number of nitrogens with zero attached hydrogens (tertiary/aromatic N) is 3. The maximum Gasteiger partial charge on any atom is 0.433 e. The lowest BCUT2D eigenvalue weighted by Gasteiger charge is -2.16. The first-order valence-electron chi connectivity index (χ1n) is 8.52. The van der Waals surface area contributed by atoms with E-state index in [4.69, 9.17) is 5.73 Å². The van der Waals surface area contributed by atoms with Crippen molar-refractivity contribution in [1.29, 1.82) is 0 Å². The van der Waals surface area contributed by atoms with Crippen LogP contribution in [0.1, 0.15) is 30.1 Å². The molecule has 3 rings (SSSR count). The molecule has 1 aromatic carbocycles. The van der Waals surface area contributed by atoms with E-state index in [1.807, 2.05) is 13.0 Å². The van der Waals surface area contributed by atoms with Crippen molar-refractivity contribution < 1.29 is 18.0 Å². The lowest BCUT2D eigenvalue weighted by atomic mass is 9.94. The van der Waals surface area contributed by atoms with Gasteiger partial charge in [-0.1, -0.05) is 6.07 Å². The van der Waals surface area contributed by atoms with Crippen LogP contribution in [-0.4, -0.2) is 20.9 Å². The summed E-state index contributed by atoms with van der Waals surface area (Å²) in [5, 5.41) is 3.39. The molecule has 0 saturated heterocycles. The minimum absolute atomic E-state index is 0.156. The lowest BCUT2D eigenvalue weighted by Crippen LogP contribution is -2.35. The van der Waals surface area contributed by atoms with Gasteiger partial charge in [0.1, 0.15) is 10.7 Å². The summed E-state index contributed by atoms with van der Waals surface area (Å²) >= 11 is 1.33. The van der Waals surface area contributed by atoms with Crippen LogP contribution in [0.15, 0.2) is 36.7 Å². The molecule has 0 unspecified atom stereocenters. The number of rotatable bonds is 5. The van der Waals surface area contributed by atoms with E-state index in [0.29, 0.717) is 10.7 Å². The maximum atomic E-state index is 12.9. The molecule has 2 aromatic heterocycles. The van der Waals surface area contributed by atoms with Gasteiger partial charge in [0.2, 0.25) is 11.9 Å². The largest absolute Gasteiger partial charge is 0.433 e. The summed E-state index contributed by atoms with van der Waals surface area (Å²) in [4.78, 5) is 24.1. The van der Waals surface area contributed by atoms with E-state index in [-0.39, 0.29) is 5.95 Å². The fraction of sp³-hybridized carbons (Fsp3) is 0.263. The Morgan fingerprint density at radius 3 is 2.55 bits per heavy atom. The van der Waals surface area contributed by atoms with Gasteiger partial charge in [-0.3, -0.25) is 4.79 Å². The Balaban J connectivity index is 1.92. The van der Waals surface area contributed by atoms with Gasteiger partial charge in [-0.15, -0.1) is 11.3 Å². The number of halogens is 3. The highest BCUT2D eigenvalue weighted by Gasteiger charge is 2.33. The molecule has 0 aliphatic rings. The molecule has 0 atom stereocenters. The van der Waals surface area contributed by atoms with Gasteiger partial charge in [-0.2, -0.15) is 13.2 Å². The summed E-state index contributed by atoms with van der Waals surface area (Å²) in [6, 6.07) is 6.24. The van der Waals surface area contributed by atoms with Crippen molar-refractivity contribution in [2.45, 2.75) is 32.4 Å². The number of aromatic nitrogens is 3. The first kappa shape index (κ1) is 20.7. The molecule has 0 fully saturated rings. The van der Waals surface area contributed by atoms with Crippen LogP contribution in [-0.2, 0) is 16.4 Å². The summed E-state index contributed by atoms with van der Waals surface area (Å²) in [5.74, 6) is -0.636. The number of amides is 1. The number of nitrogens with one attached hydrogen (secondary N) is 1. The van der Waals surface area contributed by atoms with E-state index in [1.165, 1.54) is 11.3 Å². The molecule has 3 N–H and O–H groups in total. The monoisotopic (exact) mass is 421 g/mol. The molecular weight excluding hydrogens is 403 g/mol. The molecule has 0 saturated carbocycles. The van der Waals surface area contributed by atoms with Gasteiger partial charge >= 0.3 is 6.18 Å². The Labute approximate surface area is 169 Å². The Morgan fingerprint density at radius 2 is 1.90 bits per heavy atom. The number of aryl methyl sites for hydroxylation is 1. The number of carbonyl (C=O) groups excluding carboxylic acids is 1. The number of anilines is 2. The number of hydrogen-bond donors (Lipinski definition) is 2. The lowest BCUT2D eigenvalue weighted by molar-refractivity contribution is -0.141. The van der Waals surface area contributed by atoms with E-state index < -0.39 is 23.2 Å². The standard InChI is InChI=1S/C19H18F3N5OS/c1-10-6-11(13-9-25-16(29-13)18(2,3)15(23)28)8-12(7-10)26-17-24-5-4-14(27-17)19(20,21)22/h4-9H,1-3H3,(H2,23,28)(H,24,26,27). The Morgan fingerprint density at radius 1 is 1.17 bits per heavy atom. The second-order valence-corrected chi connectivity index (χ2v) is 8.03. The molecule has 6 nitrogen and oxygen atoms in total. The van der Waals surface area contributed by atoms with E-state index in [1.54, 1.807) is 32.2 Å². The Hall–Kier alpha value is -3.01. The molecule has 29 heavy (non-hydrogen) atoms. The molecule has 152 valence electrons. The average Bonchev–Trinajstić information content (AvgIpc) is 3.11. The van der Waals surface area contributed by atoms with Gasteiger partial charge in [-0.25, -0.2) is 15.0 Å². The topological polar surface area (TPSA) is 93.8 Å². The fourth-order valence-corrected chi connectivity index (χ4v) is 3.52. The molecule has 0 aliphatic carbocycles. The number of alkyl halides is 3. The number of nitrogens with two attached hydrogens (primary N) is 1. The van der Waals surface area contributed by atoms with E-state index in [2.05, 4.69) is 20.3 Å². The highest BCUT2D eigenvalue weighted by Crippen LogP contribution is 2.35. The first-order valence-corrected chi connectivity index (χ1v) is 9.34. The van der Waals surface area contributed by atoms with Crippen molar-refractivity contribution in [2.24, 2.45) is 5.73 Å². The number of carbonyl (C=O) groups is 1. The molecule has 1 amide bonds. The predicted octanol–water partition coefficient (Wildman–Crippen LogP) is 4.43. The van der Waals surface area contributed by atoms with Gasteiger partial charge in [0.15, 0.2) is 0 Å². The van der Waals surface area contributed by atoms with Crippen molar-refractivity contribution in [2.75, 3.05) is 5.32 Å². The van der Waals surface area contributed by atoms with Crippen LogP contribution >= 0.6 is 11.3 Å². The van der Waals surface area contributed by atoms with Crippen molar-refractivity contribution in [3.05, 3.63) is 52.9 Å². The van der Waals surface area contributed by atoms with Crippen molar-refractivity contribution in [3.8, 4) is 10.4 Å².